The Hall–Kier alpha value is -2.08. The summed E-state index contributed by atoms with van der Waals surface area (Å²) in [6.45, 7) is 3.66. The monoisotopic (exact) mass is 276 g/mol. The minimum absolute atomic E-state index is 0.410. The van der Waals surface area contributed by atoms with Gasteiger partial charge in [-0.25, -0.2) is 9.97 Å². The van der Waals surface area contributed by atoms with Gasteiger partial charge in [0.05, 0.1) is 12.8 Å². The van der Waals surface area contributed by atoms with Crippen LogP contribution in [0.15, 0.2) is 28.9 Å². The number of hydrogen-bond donors (Lipinski definition) is 1. The largest absolute Gasteiger partial charge is 0.467 e. The fourth-order valence-electron chi connectivity index (χ4n) is 1.78. The Morgan fingerprint density at radius 2 is 2.25 bits per heavy atom. The molecule has 0 fully saturated rings. The SMILES string of the molecule is CCOCc1nc(NC)cc(N(C)Cc2ccco2)n1. The second-order valence-electron chi connectivity index (χ2n) is 4.35. The lowest BCUT2D eigenvalue weighted by molar-refractivity contribution is 0.128. The first-order valence-electron chi connectivity index (χ1n) is 6.60. The van der Waals surface area contributed by atoms with Crippen LogP contribution in [0.3, 0.4) is 0 Å². The molecule has 0 aliphatic rings. The molecule has 0 atom stereocenters. The van der Waals surface area contributed by atoms with Crippen LogP contribution in [0.25, 0.3) is 0 Å². The normalized spacial score (nSPS) is 10.6. The Morgan fingerprint density at radius 3 is 2.90 bits per heavy atom. The first-order valence-corrected chi connectivity index (χ1v) is 6.60. The summed E-state index contributed by atoms with van der Waals surface area (Å²) in [6.07, 6.45) is 1.67. The van der Waals surface area contributed by atoms with Crippen molar-refractivity contribution in [2.45, 2.75) is 20.1 Å². The lowest BCUT2D eigenvalue weighted by atomic mass is 10.4. The van der Waals surface area contributed by atoms with E-state index in [1.54, 1.807) is 6.26 Å². The molecule has 6 heteroatoms. The van der Waals surface area contributed by atoms with Crippen LogP contribution in [0.1, 0.15) is 18.5 Å². The van der Waals surface area contributed by atoms with Gasteiger partial charge < -0.3 is 19.4 Å². The van der Waals surface area contributed by atoms with Crippen molar-refractivity contribution in [2.24, 2.45) is 0 Å². The molecule has 0 bridgehead atoms. The molecule has 0 unspecified atom stereocenters. The van der Waals surface area contributed by atoms with Gasteiger partial charge in [-0.05, 0) is 19.1 Å². The molecule has 0 aromatic carbocycles. The molecule has 6 nitrogen and oxygen atoms in total. The number of rotatable bonds is 7. The van der Waals surface area contributed by atoms with Crippen molar-refractivity contribution in [3.63, 3.8) is 0 Å². The van der Waals surface area contributed by atoms with Crippen LogP contribution in [0.4, 0.5) is 11.6 Å². The second kappa shape index (κ2) is 6.91. The van der Waals surface area contributed by atoms with Gasteiger partial charge in [-0.1, -0.05) is 0 Å². The fraction of sp³-hybridized carbons (Fsp3) is 0.429. The summed E-state index contributed by atoms with van der Waals surface area (Å²) in [5, 5.41) is 3.04. The van der Waals surface area contributed by atoms with Gasteiger partial charge in [-0.15, -0.1) is 0 Å². The Labute approximate surface area is 118 Å². The summed E-state index contributed by atoms with van der Waals surface area (Å²) >= 11 is 0. The first-order chi connectivity index (χ1) is 9.72. The number of hydrogen-bond acceptors (Lipinski definition) is 6. The highest BCUT2D eigenvalue weighted by atomic mass is 16.5. The van der Waals surface area contributed by atoms with Crippen LogP contribution in [0.2, 0.25) is 0 Å². The highest BCUT2D eigenvalue weighted by Crippen LogP contribution is 2.17. The van der Waals surface area contributed by atoms with E-state index in [2.05, 4.69) is 15.3 Å². The highest BCUT2D eigenvalue weighted by molar-refractivity contribution is 5.48. The Balaban J connectivity index is 2.16. The van der Waals surface area contributed by atoms with Crippen molar-refractivity contribution in [3.05, 3.63) is 36.0 Å². The van der Waals surface area contributed by atoms with Gasteiger partial charge in [-0.2, -0.15) is 0 Å². The van der Waals surface area contributed by atoms with Crippen LogP contribution in [-0.4, -0.2) is 30.7 Å². The zero-order chi connectivity index (χ0) is 14.4. The molecule has 20 heavy (non-hydrogen) atoms. The van der Waals surface area contributed by atoms with Crippen LogP contribution in [0.5, 0.6) is 0 Å². The molecular formula is C14H20N4O2. The molecule has 2 rings (SSSR count). The molecule has 1 N–H and O–H groups in total. The van der Waals surface area contributed by atoms with Crippen molar-refractivity contribution >= 4 is 11.6 Å². The molecule has 0 spiro atoms. The number of nitrogens with zero attached hydrogens (tertiary/aromatic N) is 3. The Kier molecular flexibility index (Phi) is 4.95. The number of anilines is 2. The molecule has 2 aromatic rings. The van der Waals surface area contributed by atoms with Crippen molar-refractivity contribution in [3.8, 4) is 0 Å². The minimum atomic E-state index is 0.410. The van der Waals surface area contributed by atoms with Gasteiger partial charge in [0.1, 0.15) is 24.0 Å². The first kappa shape index (κ1) is 14.3. The molecule has 2 heterocycles. The average Bonchev–Trinajstić information content (AvgIpc) is 2.97. The van der Waals surface area contributed by atoms with Crippen LogP contribution < -0.4 is 10.2 Å². The van der Waals surface area contributed by atoms with E-state index in [1.807, 2.05) is 44.1 Å². The maximum Gasteiger partial charge on any atom is 0.158 e. The molecule has 0 amide bonds. The van der Waals surface area contributed by atoms with Gasteiger partial charge in [-0.3, -0.25) is 0 Å². The van der Waals surface area contributed by atoms with Crippen molar-refractivity contribution in [1.82, 2.24) is 9.97 Å². The number of ether oxygens (including phenoxy) is 1. The topological polar surface area (TPSA) is 63.4 Å². The van der Waals surface area contributed by atoms with E-state index in [4.69, 9.17) is 9.15 Å². The minimum Gasteiger partial charge on any atom is -0.467 e. The van der Waals surface area contributed by atoms with E-state index in [1.165, 1.54) is 0 Å². The maximum atomic E-state index is 5.37. The summed E-state index contributed by atoms with van der Waals surface area (Å²) in [4.78, 5) is 10.9. The van der Waals surface area contributed by atoms with Crippen molar-refractivity contribution < 1.29 is 9.15 Å². The third kappa shape index (κ3) is 3.71. The standard InChI is InChI=1S/C14H20N4O2/c1-4-19-10-13-16-12(15-2)8-14(17-13)18(3)9-11-6-5-7-20-11/h5-8H,4,9-10H2,1-3H3,(H,15,16,17). The summed E-state index contributed by atoms with van der Waals surface area (Å²) < 4.78 is 10.7. The van der Waals surface area contributed by atoms with E-state index in [-0.39, 0.29) is 0 Å². The zero-order valence-corrected chi connectivity index (χ0v) is 12.1. The molecular weight excluding hydrogens is 256 g/mol. The van der Waals surface area contributed by atoms with E-state index in [0.717, 1.165) is 17.4 Å². The van der Waals surface area contributed by atoms with E-state index in [9.17, 15) is 0 Å². The average molecular weight is 276 g/mol. The van der Waals surface area contributed by atoms with Gasteiger partial charge >= 0.3 is 0 Å². The van der Waals surface area contributed by atoms with Gasteiger partial charge in [0.15, 0.2) is 5.82 Å². The molecule has 0 saturated heterocycles. The number of aromatic nitrogens is 2. The predicted molar refractivity (Wildman–Crippen MR) is 77.7 cm³/mol. The molecule has 0 aliphatic heterocycles. The van der Waals surface area contributed by atoms with E-state index < -0.39 is 0 Å². The third-order valence-electron chi connectivity index (χ3n) is 2.81. The number of furan rings is 1. The predicted octanol–water partition coefficient (Wildman–Crippen LogP) is 2.28. The summed E-state index contributed by atoms with van der Waals surface area (Å²) in [5.74, 6) is 3.16. The van der Waals surface area contributed by atoms with Gasteiger partial charge in [0.2, 0.25) is 0 Å². The second-order valence-corrected chi connectivity index (χ2v) is 4.35. The Morgan fingerprint density at radius 1 is 1.40 bits per heavy atom. The Bertz CT molecular complexity index is 528. The van der Waals surface area contributed by atoms with Gasteiger partial charge in [0, 0.05) is 26.8 Å². The lowest BCUT2D eigenvalue weighted by Crippen LogP contribution is -2.19. The maximum absolute atomic E-state index is 5.37. The van der Waals surface area contributed by atoms with Crippen LogP contribution >= 0.6 is 0 Å². The lowest BCUT2D eigenvalue weighted by Gasteiger charge is -2.18. The molecule has 0 saturated carbocycles. The van der Waals surface area contributed by atoms with Crippen molar-refractivity contribution in [1.29, 1.82) is 0 Å². The number of nitrogens with one attached hydrogen (secondary N) is 1. The van der Waals surface area contributed by atoms with Gasteiger partial charge in [0.25, 0.3) is 0 Å². The molecule has 2 aromatic heterocycles. The summed E-state index contributed by atoms with van der Waals surface area (Å²) in [5.41, 5.74) is 0. The van der Waals surface area contributed by atoms with E-state index >= 15 is 0 Å². The summed E-state index contributed by atoms with van der Waals surface area (Å²) in [6, 6.07) is 5.72. The van der Waals surface area contributed by atoms with Crippen LogP contribution in [0, 0.1) is 0 Å². The zero-order valence-electron chi connectivity index (χ0n) is 12.1. The molecule has 0 radical (unpaired) electrons. The summed E-state index contributed by atoms with van der Waals surface area (Å²) in [7, 11) is 3.80. The quantitative estimate of drug-likeness (QED) is 0.837. The van der Waals surface area contributed by atoms with Crippen molar-refractivity contribution in [2.75, 3.05) is 30.9 Å². The highest BCUT2D eigenvalue weighted by Gasteiger charge is 2.09. The smallest absolute Gasteiger partial charge is 0.158 e. The molecule has 0 aliphatic carbocycles. The van der Waals surface area contributed by atoms with E-state index in [0.29, 0.717) is 25.6 Å². The third-order valence-corrected chi connectivity index (χ3v) is 2.81. The van der Waals surface area contributed by atoms with Crippen LogP contribution in [-0.2, 0) is 17.9 Å². The molecule has 108 valence electrons. The fourth-order valence-corrected chi connectivity index (χ4v) is 1.78.